The number of rotatable bonds is 1. The molecule has 4 nitrogen and oxygen atoms in total. The summed E-state index contributed by atoms with van der Waals surface area (Å²) < 4.78 is 17.3. The predicted molar refractivity (Wildman–Crippen MR) is 59.7 cm³/mol. The van der Waals surface area contributed by atoms with E-state index < -0.39 is 0 Å². The quantitative estimate of drug-likeness (QED) is 0.704. The average Bonchev–Trinajstić information content (AvgIpc) is 2.84. The van der Waals surface area contributed by atoms with E-state index in [0.29, 0.717) is 22.6 Å². The maximum Gasteiger partial charge on any atom is 0.160 e. The summed E-state index contributed by atoms with van der Waals surface area (Å²) in [6, 6.07) is 4.81. The molecule has 2 heterocycles. The molecular formula is C10H7FN4S. The Balaban J connectivity index is 2.27. The summed E-state index contributed by atoms with van der Waals surface area (Å²) in [4.78, 5) is 8.18. The molecule has 3 aromatic rings. The van der Waals surface area contributed by atoms with Crippen molar-refractivity contribution in [1.82, 2.24) is 19.6 Å². The zero-order chi connectivity index (χ0) is 11.1. The Hall–Kier alpha value is -1.82. The SMILES string of the molecule is Cc1snnc1-c1nc2c(F)cccc2[nH]1. The number of halogens is 1. The lowest BCUT2D eigenvalue weighted by Crippen LogP contribution is -1.83. The Kier molecular flexibility index (Phi) is 1.97. The van der Waals surface area contributed by atoms with Crippen molar-refractivity contribution >= 4 is 22.6 Å². The van der Waals surface area contributed by atoms with Gasteiger partial charge in [-0.3, -0.25) is 0 Å². The Morgan fingerprint density at radius 1 is 1.38 bits per heavy atom. The predicted octanol–water partition coefficient (Wildman–Crippen LogP) is 2.53. The highest BCUT2D eigenvalue weighted by atomic mass is 32.1. The fourth-order valence-corrected chi connectivity index (χ4v) is 2.03. The van der Waals surface area contributed by atoms with Crippen LogP contribution in [0, 0.1) is 12.7 Å². The first-order chi connectivity index (χ1) is 7.75. The highest BCUT2D eigenvalue weighted by Gasteiger charge is 2.13. The molecule has 0 bridgehead atoms. The number of nitrogens with one attached hydrogen (secondary N) is 1. The molecule has 0 aliphatic heterocycles. The number of aromatic nitrogens is 4. The van der Waals surface area contributed by atoms with Gasteiger partial charge in [0.1, 0.15) is 11.2 Å². The van der Waals surface area contributed by atoms with Gasteiger partial charge in [-0.25, -0.2) is 9.37 Å². The van der Waals surface area contributed by atoms with Crippen molar-refractivity contribution in [1.29, 1.82) is 0 Å². The number of imidazole rings is 1. The van der Waals surface area contributed by atoms with Crippen LogP contribution in [0.25, 0.3) is 22.6 Å². The third kappa shape index (κ3) is 1.30. The maximum absolute atomic E-state index is 13.4. The highest BCUT2D eigenvalue weighted by Crippen LogP contribution is 2.24. The van der Waals surface area contributed by atoms with Gasteiger partial charge in [0.15, 0.2) is 11.6 Å². The van der Waals surface area contributed by atoms with Crippen LogP contribution in [-0.2, 0) is 0 Å². The minimum Gasteiger partial charge on any atom is -0.336 e. The monoisotopic (exact) mass is 234 g/mol. The fraction of sp³-hybridized carbons (Fsp3) is 0.100. The first-order valence-corrected chi connectivity index (χ1v) is 5.46. The minimum absolute atomic E-state index is 0.333. The number of hydrogen-bond donors (Lipinski definition) is 1. The Labute approximate surface area is 94.3 Å². The lowest BCUT2D eigenvalue weighted by atomic mass is 10.3. The lowest BCUT2D eigenvalue weighted by Gasteiger charge is -1.88. The topological polar surface area (TPSA) is 54.5 Å². The molecule has 3 rings (SSSR count). The summed E-state index contributed by atoms with van der Waals surface area (Å²) in [7, 11) is 0. The van der Waals surface area contributed by atoms with Gasteiger partial charge in [0.25, 0.3) is 0 Å². The number of H-pyrrole nitrogens is 1. The van der Waals surface area contributed by atoms with Crippen molar-refractivity contribution in [2.75, 3.05) is 0 Å². The molecule has 0 spiro atoms. The third-order valence-corrected chi connectivity index (χ3v) is 2.97. The second-order valence-corrected chi connectivity index (χ2v) is 4.36. The van der Waals surface area contributed by atoms with E-state index in [-0.39, 0.29) is 5.82 Å². The van der Waals surface area contributed by atoms with Crippen LogP contribution in [-0.4, -0.2) is 19.6 Å². The van der Waals surface area contributed by atoms with Crippen LogP contribution in [0.5, 0.6) is 0 Å². The van der Waals surface area contributed by atoms with E-state index in [1.807, 2.05) is 6.92 Å². The molecule has 0 saturated heterocycles. The van der Waals surface area contributed by atoms with Gasteiger partial charge >= 0.3 is 0 Å². The van der Waals surface area contributed by atoms with Crippen LogP contribution in [0.3, 0.4) is 0 Å². The van der Waals surface area contributed by atoms with Gasteiger partial charge in [-0.1, -0.05) is 10.6 Å². The van der Waals surface area contributed by atoms with E-state index >= 15 is 0 Å². The van der Waals surface area contributed by atoms with Crippen molar-refractivity contribution in [3.8, 4) is 11.5 Å². The molecule has 1 N–H and O–H groups in total. The van der Waals surface area contributed by atoms with Crippen LogP contribution < -0.4 is 0 Å². The fourth-order valence-electron chi connectivity index (χ4n) is 1.56. The normalized spacial score (nSPS) is 11.1. The van der Waals surface area contributed by atoms with Crippen molar-refractivity contribution in [2.45, 2.75) is 6.92 Å². The van der Waals surface area contributed by atoms with Crippen molar-refractivity contribution < 1.29 is 4.39 Å². The third-order valence-electron chi connectivity index (χ3n) is 2.34. The van der Waals surface area contributed by atoms with Crippen molar-refractivity contribution in [2.24, 2.45) is 0 Å². The molecule has 0 aliphatic rings. The van der Waals surface area contributed by atoms with Gasteiger partial charge < -0.3 is 4.98 Å². The summed E-state index contributed by atoms with van der Waals surface area (Å²) in [5.41, 5.74) is 1.69. The molecule has 6 heteroatoms. The van der Waals surface area contributed by atoms with E-state index in [9.17, 15) is 4.39 Å². The average molecular weight is 234 g/mol. The van der Waals surface area contributed by atoms with Gasteiger partial charge in [-0.05, 0) is 30.6 Å². The lowest BCUT2D eigenvalue weighted by molar-refractivity contribution is 0.637. The number of aryl methyl sites for hydroxylation is 1. The number of benzene rings is 1. The number of aromatic amines is 1. The van der Waals surface area contributed by atoms with Gasteiger partial charge in [0, 0.05) is 0 Å². The number of hydrogen-bond acceptors (Lipinski definition) is 4. The minimum atomic E-state index is -0.333. The van der Waals surface area contributed by atoms with Crippen LogP contribution >= 0.6 is 11.5 Å². The van der Waals surface area contributed by atoms with Crippen molar-refractivity contribution in [3.63, 3.8) is 0 Å². The summed E-state index contributed by atoms with van der Waals surface area (Å²) in [5.74, 6) is 0.229. The number of fused-ring (bicyclic) bond motifs is 1. The second-order valence-electron chi connectivity index (χ2n) is 3.40. The van der Waals surface area contributed by atoms with E-state index in [1.54, 1.807) is 12.1 Å². The molecule has 2 aromatic heterocycles. The molecule has 0 saturated carbocycles. The Bertz CT molecular complexity index is 658. The Morgan fingerprint density at radius 2 is 2.25 bits per heavy atom. The van der Waals surface area contributed by atoms with Crippen molar-refractivity contribution in [3.05, 3.63) is 28.9 Å². The first-order valence-electron chi connectivity index (χ1n) is 4.69. The Morgan fingerprint density at radius 3 is 2.94 bits per heavy atom. The van der Waals surface area contributed by atoms with Crippen LogP contribution in [0.15, 0.2) is 18.2 Å². The van der Waals surface area contributed by atoms with E-state index in [0.717, 1.165) is 4.88 Å². The molecule has 1 aromatic carbocycles. The van der Waals surface area contributed by atoms with Gasteiger partial charge in [-0.2, -0.15) is 0 Å². The summed E-state index contributed by atoms with van der Waals surface area (Å²) in [6.07, 6.45) is 0. The van der Waals surface area contributed by atoms with E-state index in [1.165, 1.54) is 17.6 Å². The van der Waals surface area contributed by atoms with Crippen LogP contribution in [0.4, 0.5) is 4.39 Å². The second kappa shape index (κ2) is 3.34. The number of nitrogens with zero attached hydrogens (tertiary/aromatic N) is 3. The zero-order valence-electron chi connectivity index (χ0n) is 8.36. The molecular weight excluding hydrogens is 227 g/mol. The molecule has 16 heavy (non-hydrogen) atoms. The molecule has 0 atom stereocenters. The standard InChI is InChI=1S/C10H7FN4S/c1-5-8(14-15-16-5)10-12-7-4-2-3-6(11)9(7)13-10/h2-4H,1H3,(H,12,13). The van der Waals surface area contributed by atoms with Gasteiger partial charge in [0.05, 0.1) is 10.4 Å². The largest absolute Gasteiger partial charge is 0.336 e. The van der Waals surface area contributed by atoms with Crippen LogP contribution in [0.1, 0.15) is 4.88 Å². The highest BCUT2D eigenvalue weighted by molar-refractivity contribution is 7.05. The molecule has 0 unspecified atom stereocenters. The molecule has 80 valence electrons. The molecule has 0 amide bonds. The summed E-state index contributed by atoms with van der Waals surface area (Å²) >= 11 is 1.30. The van der Waals surface area contributed by atoms with E-state index in [2.05, 4.69) is 19.6 Å². The van der Waals surface area contributed by atoms with Gasteiger partial charge in [-0.15, -0.1) is 5.10 Å². The number of para-hydroxylation sites is 1. The van der Waals surface area contributed by atoms with E-state index in [4.69, 9.17) is 0 Å². The first kappa shape index (κ1) is 9.41. The summed E-state index contributed by atoms with van der Waals surface area (Å²) in [6.45, 7) is 1.91. The maximum atomic E-state index is 13.4. The molecule has 0 aliphatic carbocycles. The van der Waals surface area contributed by atoms with Gasteiger partial charge in [0.2, 0.25) is 0 Å². The molecule has 0 fully saturated rings. The van der Waals surface area contributed by atoms with Crippen LogP contribution in [0.2, 0.25) is 0 Å². The zero-order valence-corrected chi connectivity index (χ0v) is 9.18. The molecule has 0 radical (unpaired) electrons. The smallest absolute Gasteiger partial charge is 0.160 e. The summed E-state index contributed by atoms with van der Waals surface area (Å²) in [5, 5.41) is 3.96.